The summed E-state index contributed by atoms with van der Waals surface area (Å²) >= 11 is 0. The van der Waals surface area contributed by atoms with Gasteiger partial charge in [0.2, 0.25) is 0 Å². The number of fused-ring (bicyclic) bond motifs is 1. The van der Waals surface area contributed by atoms with Crippen molar-refractivity contribution in [2.75, 3.05) is 31.1 Å². The number of rotatable bonds is 5. The molecule has 1 aliphatic heterocycles. The first-order valence-corrected chi connectivity index (χ1v) is 10.9. The van der Waals surface area contributed by atoms with Gasteiger partial charge in [0.1, 0.15) is 5.83 Å². The summed E-state index contributed by atoms with van der Waals surface area (Å²) in [6.45, 7) is 6.07. The van der Waals surface area contributed by atoms with E-state index in [-0.39, 0.29) is 11.4 Å². The van der Waals surface area contributed by atoms with Gasteiger partial charge in [-0.25, -0.2) is 4.39 Å². The summed E-state index contributed by atoms with van der Waals surface area (Å²) in [6, 6.07) is 7.66. The molecule has 0 spiro atoms. The number of nitrogens with one attached hydrogen (secondary N) is 1. The van der Waals surface area contributed by atoms with Gasteiger partial charge in [0.05, 0.1) is 28.6 Å². The van der Waals surface area contributed by atoms with Gasteiger partial charge in [-0.3, -0.25) is 19.7 Å². The highest BCUT2D eigenvalue weighted by molar-refractivity contribution is 5.75. The van der Waals surface area contributed by atoms with Crippen LogP contribution in [0.15, 0.2) is 47.5 Å². The molecule has 31 heavy (non-hydrogen) atoms. The SMILES string of the molecule is C/C=C(\F)c1ccc(N2CCN(Cc3cnc4cc(C5CC5)c(=O)[nH]c4c3)CC2)cn1. The average Bonchev–Trinajstić information content (AvgIpc) is 3.64. The molecule has 0 unspecified atom stereocenters. The Kier molecular flexibility index (Phi) is 5.28. The van der Waals surface area contributed by atoms with Crippen molar-refractivity contribution in [3.8, 4) is 0 Å². The first-order valence-electron chi connectivity index (χ1n) is 10.9. The number of anilines is 1. The number of hydrogen-bond donors (Lipinski definition) is 1. The number of aromatic amines is 1. The van der Waals surface area contributed by atoms with E-state index in [1.165, 1.54) is 6.08 Å². The van der Waals surface area contributed by atoms with E-state index in [9.17, 15) is 9.18 Å². The molecule has 0 aromatic carbocycles. The molecule has 1 N–H and O–H groups in total. The lowest BCUT2D eigenvalue weighted by Crippen LogP contribution is -2.46. The Labute approximate surface area is 180 Å². The fourth-order valence-corrected chi connectivity index (χ4v) is 4.21. The topological polar surface area (TPSA) is 65.1 Å². The van der Waals surface area contributed by atoms with Crippen LogP contribution in [0.3, 0.4) is 0 Å². The summed E-state index contributed by atoms with van der Waals surface area (Å²) in [5, 5.41) is 0. The first kappa shape index (κ1) is 19.9. The Morgan fingerprint density at radius 1 is 1.16 bits per heavy atom. The van der Waals surface area contributed by atoms with Crippen molar-refractivity contribution >= 4 is 22.5 Å². The Bertz CT molecular complexity index is 1170. The number of aromatic nitrogens is 3. The number of halogens is 1. The lowest BCUT2D eigenvalue weighted by atomic mass is 10.1. The molecule has 1 aliphatic carbocycles. The zero-order valence-electron chi connectivity index (χ0n) is 17.6. The third kappa shape index (κ3) is 4.23. The second kappa shape index (κ2) is 8.23. The molecular formula is C24H26FN5O. The van der Waals surface area contributed by atoms with Crippen LogP contribution in [0, 0.1) is 0 Å². The van der Waals surface area contributed by atoms with Crippen LogP contribution in [0.1, 0.15) is 42.5 Å². The molecule has 6 nitrogen and oxygen atoms in total. The summed E-state index contributed by atoms with van der Waals surface area (Å²) in [5.74, 6) is 0.116. The predicted molar refractivity (Wildman–Crippen MR) is 121 cm³/mol. The van der Waals surface area contributed by atoms with Crippen molar-refractivity contribution in [2.45, 2.75) is 32.2 Å². The number of H-pyrrole nitrogens is 1. The minimum absolute atomic E-state index is 0.0245. The standard InChI is InChI=1S/C24H26FN5O/c1-2-20(25)21-6-5-18(14-27-21)30-9-7-29(8-10-30)15-16-11-23-22(26-13-16)12-19(17-3-4-17)24(31)28-23/h2,5-6,11-14,17H,3-4,7-10,15H2,1H3,(H,28,31)/b20-2-. The molecule has 160 valence electrons. The van der Waals surface area contributed by atoms with E-state index in [4.69, 9.17) is 0 Å². The van der Waals surface area contributed by atoms with Crippen molar-refractivity contribution < 1.29 is 4.39 Å². The molecule has 2 fully saturated rings. The molecule has 0 bridgehead atoms. The quantitative estimate of drug-likeness (QED) is 0.681. The molecular weight excluding hydrogens is 393 g/mol. The van der Waals surface area contributed by atoms with Crippen LogP contribution in [0.5, 0.6) is 0 Å². The number of allylic oxidation sites excluding steroid dienone is 1. The molecule has 1 saturated carbocycles. The van der Waals surface area contributed by atoms with Crippen LogP contribution < -0.4 is 10.5 Å². The van der Waals surface area contributed by atoms with E-state index in [0.717, 1.165) is 73.4 Å². The molecule has 0 atom stereocenters. The van der Waals surface area contributed by atoms with Gasteiger partial charge in [0, 0.05) is 44.5 Å². The van der Waals surface area contributed by atoms with Gasteiger partial charge in [0.15, 0.2) is 0 Å². The number of pyridine rings is 3. The Balaban J connectivity index is 1.22. The summed E-state index contributed by atoms with van der Waals surface area (Å²) in [7, 11) is 0. The first-order chi connectivity index (χ1) is 15.1. The highest BCUT2D eigenvalue weighted by Gasteiger charge is 2.26. The smallest absolute Gasteiger partial charge is 0.252 e. The number of nitrogens with zero attached hydrogens (tertiary/aromatic N) is 4. The van der Waals surface area contributed by atoms with E-state index in [0.29, 0.717) is 11.6 Å². The molecule has 0 radical (unpaired) electrons. The van der Waals surface area contributed by atoms with Gasteiger partial charge in [-0.2, -0.15) is 0 Å². The molecule has 5 rings (SSSR count). The maximum absolute atomic E-state index is 13.6. The van der Waals surface area contributed by atoms with Crippen molar-refractivity contribution in [1.29, 1.82) is 0 Å². The van der Waals surface area contributed by atoms with Crippen molar-refractivity contribution in [3.63, 3.8) is 0 Å². The second-order valence-corrected chi connectivity index (χ2v) is 8.41. The van der Waals surface area contributed by atoms with E-state index in [2.05, 4.69) is 24.8 Å². The van der Waals surface area contributed by atoms with Crippen LogP contribution in [-0.4, -0.2) is 46.0 Å². The minimum Gasteiger partial charge on any atom is -0.368 e. The third-order valence-corrected chi connectivity index (χ3v) is 6.18. The lowest BCUT2D eigenvalue weighted by Gasteiger charge is -2.36. The molecule has 4 heterocycles. The summed E-state index contributed by atoms with van der Waals surface area (Å²) in [5.41, 5.74) is 5.06. The zero-order chi connectivity index (χ0) is 21.4. The molecule has 3 aromatic heterocycles. The Morgan fingerprint density at radius 3 is 2.65 bits per heavy atom. The Hall–Kier alpha value is -3.06. The zero-order valence-corrected chi connectivity index (χ0v) is 17.6. The molecule has 7 heteroatoms. The molecule has 0 amide bonds. The largest absolute Gasteiger partial charge is 0.368 e. The maximum Gasteiger partial charge on any atom is 0.252 e. The van der Waals surface area contributed by atoms with Crippen molar-refractivity contribution in [1.82, 2.24) is 19.9 Å². The average molecular weight is 420 g/mol. The molecule has 1 saturated heterocycles. The van der Waals surface area contributed by atoms with Crippen molar-refractivity contribution in [3.05, 3.63) is 69.9 Å². The van der Waals surface area contributed by atoms with Crippen LogP contribution in [-0.2, 0) is 6.54 Å². The lowest BCUT2D eigenvalue weighted by molar-refractivity contribution is 0.249. The minimum atomic E-state index is -0.300. The van der Waals surface area contributed by atoms with Gasteiger partial charge >= 0.3 is 0 Å². The maximum atomic E-state index is 13.6. The number of piperazine rings is 1. The fourth-order valence-electron chi connectivity index (χ4n) is 4.21. The van der Waals surface area contributed by atoms with E-state index in [1.54, 1.807) is 19.2 Å². The van der Waals surface area contributed by atoms with E-state index in [1.807, 2.05) is 24.4 Å². The summed E-state index contributed by atoms with van der Waals surface area (Å²) in [6.07, 6.45) is 7.29. The monoisotopic (exact) mass is 419 g/mol. The van der Waals surface area contributed by atoms with Gasteiger partial charge < -0.3 is 9.88 Å². The third-order valence-electron chi connectivity index (χ3n) is 6.18. The van der Waals surface area contributed by atoms with E-state index < -0.39 is 0 Å². The second-order valence-electron chi connectivity index (χ2n) is 8.41. The van der Waals surface area contributed by atoms with E-state index >= 15 is 0 Å². The normalized spacial score (nSPS) is 18.0. The number of hydrogen-bond acceptors (Lipinski definition) is 5. The van der Waals surface area contributed by atoms with Crippen LogP contribution in [0.25, 0.3) is 16.9 Å². The highest BCUT2D eigenvalue weighted by Crippen LogP contribution is 2.38. The van der Waals surface area contributed by atoms with Gasteiger partial charge in [-0.05, 0) is 61.6 Å². The summed E-state index contributed by atoms with van der Waals surface area (Å²) < 4.78 is 13.6. The van der Waals surface area contributed by atoms with Crippen LogP contribution >= 0.6 is 0 Å². The fraction of sp³-hybridized carbons (Fsp3) is 0.375. The van der Waals surface area contributed by atoms with Gasteiger partial charge in [-0.15, -0.1) is 0 Å². The molecule has 2 aliphatic rings. The molecule has 3 aromatic rings. The van der Waals surface area contributed by atoms with Gasteiger partial charge in [-0.1, -0.05) is 0 Å². The predicted octanol–water partition coefficient (Wildman–Crippen LogP) is 3.85. The van der Waals surface area contributed by atoms with Crippen LogP contribution in [0.2, 0.25) is 0 Å². The van der Waals surface area contributed by atoms with Crippen molar-refractivity contribution in [2.24, 2.45) is 0 Å². The van der Waals surface area contributed by atoms with Crippen LogP contribution in [0.4, 0.5) is 10.1 Å². The Morgan fingerprint density at radius 2 is 1.97 bits per heavy atom. The summed E-state index contributed by atoms with van der Waals surface area (Å²) in [4.78, 5) is 28.8. The highest BCUT2D eigenvalue weighted by atomic mass is 19.1. The van der Waals surface area contributed by atoms with Gasteiger partial charge in [0.25, 0.3) is 5.56 Å².